The normalized spacial score (nSPS) is 11.5. The van der Waals surface area contributed by atoms with Gasteiger partial charge in [0.05, 0.1) is 21.1 Å². The van der Waals surface area contributed by atoms with Crippen LogP contribution in [0.25, 0.3) is 10.8 Å². The molecule has 18 heteroatoms. The first-order valence-corrected chi connectivity index (χ1v) is 23.2. The van der Waals surface area contributed by atoms with E-state index in [1.165, 1.54) is 42.3 Å². The van der Waals surface area contributed by atoms with Crippen molar-refractivity contribution in [1.29, 1.82) is 0 Å². The van der Waals surface area contributed by atoms with Gasteiger partial charge in [-0.1, -0.05) is 79.3 Å². The Bertz CT molecular complexity index is 2960. The third-order valence-corrected chi connectivity index (χ3v) is 11.9. The van der Waals surface area contributed by atoms with E-state index in [1.807, 2.05) is 32.0 Å². The number of aromatic hydroxyl groups is 1. The molecule has 0 aliphatic carbocycles. The van der Waals surface area contributed by atoms with Crippen LogP contribution in [-0.4, -0.2) is 66.1 Å². The maximum Gasteiger partial charge on any atom is 0.325 e. The number of likely N-dealkylation sites (N-methyl/N-ethyl adjacent to an activating group) is 1. The lowest BCUT2D eigenvalue weighted by Crippen LogP contribution is -2.32. The zero-order valence-corrected chi connectivity index (χ0v) is 39.0. The molecule has 6 rings (SSSR count). The second kappa shape index (κ2) is 21.3. The maximum atomic E-state index is 14.0. The Kier molecular flexibility index (Phi) is 15.7. The average Bonchev–Trinajstić information content (AvgIpc) is 3.26. The van der Waals surface area contributed by atoms with Crippen molar-refractivity contribution in [3.63, 3.8) is 0 Å². The van der Waals surface area contributed by atoms with Gasteiger partial charge >= 0.3 is 5.97 Å². The van der Waals surface area contributed by atoms with Gasteiger partial charge in [-0.25, -0.2) is 13.6 Å². The lowest BCUT2D eigenvalue weighted by Gasteiger charge is -2.21. The molecule has 0 radical (unpaired) electrons. The van der Waals surface area contributed by atoms with Gasteiger partial charge in [0, 0.05) is 34.1 Å². The summed E-state index contributed by atoms with van der Waals surface area (Å²) in [7, 11) is -2.60. The van der Waals surface area contributed by atoms with E-state index in [0.717, 1.165) is 28.6 Å². The molecule has 1 unspecified atom stereocenters. The number of ether oxygens (including phenoxy) is 3. The molecule has 0 aliphatic rings. The number of phenolic OH excluding ortho intramolecular Hbond substituents is 1. The number of carbonyl (C=O) groups is 4. The van der Waals surface area contributed by atoms with E-state index in [9.17, 15) is 32.7 Å². The summed E-state index contributed by atoms with van der Waals surface area (Å²) in [6, 6.07) is 30.8. The average molecular weight is 950 g/mol. The Morgan fingerprint density at radius 2 is 1.52 bits per heavy atom. The summed E-state index contributed by atoms with van der Waals surface area (Å²) < 4.78 is 42.2. The number of rotatable bonds is 16. The van der Waals surface area contributed by atoms with Crippen molar-refractivity contribution >= 4 is 89.8 Å². The van der Waals surface area contributed by atoms with Crippen LogP contribution in [0.5, 0.6) is 23.0 Å². The molecule has 6 aromatic rings. The van der Waals surface area contributed by atoms with E-state index in [0.29, 0.717) is 33.0 Å². The highest BCUT2D eigenvalue weighted by atomic mass is 32.2. The molecular weight excluding hydrogens is 903 g/mol. The summed E-state index contributed by atoms with van der Waals surface area (Å²) in [4.78, 5) is 56.0. The van der Waals surface area contributed by atoms with Crippen molar-refractivity contribution in [2.75, 3.05) is 29.5 Å². The van der Waals surface area contributed by atoms with Gasteiger partial charge in [0.15, 0.2) is 11.9 Å². The number of phenols is 1. The van der Waals surface area contributed by atoms with Crippen LogP contribution in [0.4, 0.5) is 21.9 Å². The fraction of sp³-hybridized carbons (Fsp3) is 0.188. The monoisotopic (exact) mass is 949 g/mol. The quantitative estimate of drug-likeness (QED) is 0.0348. The fourth-order valence-corrected chi connectivity index (χ4v) is 8.04. The molecule has 6 aromatic carbocycles. The van der Waals surface area contributed by atoms with E-state index in [1.54, 1.807) is 80.6 Å². The number of aryl methyl sites for hydroxylation is 2. The summed E-state index contributed by atoms with van der Waals surface area (Å²) in [6.07, 6.45) is -0.639. The molecular formula is C48H47N5O10S3. The number of sulfonamides is 1. The molecule has 6 N–H and O–H groups in total. The molecule has 15 nitrogen and oxygen atoms in total. The molecule has 0 aromatic heterocycles. The highest BCUT2D eigenvalue weighted by Gasteiger charge is 2.24. The predicted molar refractivity (Wildman–Crippen MR) is 259 cm³/mol. The molecule has 0 bridgehead atoms. The molecule has 0 aliphatic heterocycles. The molecule has 0 spiro atoms. The maximum absolute atomic E-state index is 14.0. The van der Waals surface area contributed by atoms with Gasteiger partial charge in [0.2, 0.25) is 10.0 Å². The number of hydrogen-bond donors (Lipinski definition) is 5. The predicted octanol–water partition coefficient (Wildman–Crippen LogP) is 9.30. The molecule has 1 atom stereocenters. The number of nitrogens with zero attached hydrogens (tertiary/aromatic N) is 1. The van der Waals surface area contributed by atoms with Gasteiger partial charge in [-0.05, 0) is 111 Å². The van der Waals surface area contributed by atoms with Crippen LogP contribution in [0.1, 0.15) is 47.3 Å². The van der Waals surface area contributed by atoms with E-state index >= 15 is 0 Å². The number of carbonyl (C=O) groups excluding carboxylic acids is 4. The van der Waals surface area contributed by atoms with Crippen LogP contribution in [0.3, 0.4) is 0 Å². The van der Waals surface area contributed by atoms with Crippen LogP contribution < -0.4 is 30.6 Å². The highest BCUT2D eigenvalue weighted by molar-refractivity contribution is 8.13. The van der Waals surface area contributed by atoms with Crippen molar-refractivity contribution in [3.8, 4) is 23.0 Å². The summed E-state index contributed by atoms with van der Waals surface area (Å²) in [5.74, 6) is -1.59. The first-order chi connectivity index (χ1) is 31.4. The van der Waals surface area contributed by atoms with E-state index in [-0.39, 0.29) is 62.9 Å². The second-order valence-electron chi connectivity index (χ2n) is 15.1. The van der Waals surface area contributed by atoms with Crippen LogP contribution in [0.2, 0.25) is 0 Å². The highest BCUT2D eigenvalue weighted by Crippen LogP contribution is 2.41. The number of benzene rings is 6. The minimum Gasteiger partial charge on any atom is -0.506 e. The van der Waals surface area contributed by atoms with Gasteiger partial charge in [-0.15, -0.1) is 0 Å². The number of hydrogen-bond acceptors (Lipinski definition) is 12. The Morgan fingerprint density at radius 1 is 0.818 bits per heavy atom. The third-order valence-electron chi connectivity index (χ3n) is 9.87. The minimum atomic E-state index is -4.08. The number of anilines is 3. The van der Waals surface area contributed by atoms with E-state index in [4.69, 9.17) is 31.6 Å². The number of thioether (sulfide) groups is 1. The number of esters is 1. The molecule has 66 heavy (non-hydrogen) atoms. The summed E-state index contributed by atoms with van der Waals surface area (Å²) in [5, 5.41) is 25.5. The molecule has 0 saturated carbocycles. The largest absolute Gasteiger partial charge is 0.506 e. The van der Waals surface area contributed by atoms with Crippen LogP contribution in [0, 0.1) is 13.8 Å². The van der Waals surface area contributed by atoms with Gasteiger partial charge in [-0.2, -0.15) is 0 Å². The molecule has 0 saturated heterocycles. The number of amides is 3. The van der Waals surface area contributed by atoms with Gasteiger partial charge in [0.1, 0.15) is 30.4 Å². The van der Waals surface area contributed by atoms with Gasteiger partial charge in [-0.3, -0.25) is 19.2 Å². The minimum absolute atomic E-state index is 0.102. The summed E-state index contributed by atoms with van der Waals surface area (Å²) >= 11 is 6.05. The van der Waals surface area contributed by atoms with Crippen molar-refractivity contribution in [2.24, 2.45) is 5.14 Å². The molecule has 3 amide bonds. The van der Waals surface area contributed by atoms with Crippen molar-refractivity contribution in [2.45, 2.75) is 56.6 Å². The first kappa shape index (κ1) is 48.5. The number of nitrogens with one attached hydrogen (secondary N) is 3. The topological polar surface area (TPSA) is 216 Å². The SMILES string of the molecule is CCC(Oc1ccc(C)cc1C)C(=O)Nc1cc(COC(=O)CN(C)C(=O)Sc2cccc(NC(C)=S)c2)ccc1Oc1cc(C(=O)Nc2cccc(S(N)(=O)=O)c2)c(O)c2ccccc12. The Hall–Kier alpha value is -6.99. The Labute approximate surface area is 391 Å². The third kappa shape index (κ3) is 12.6. The van der Waals surface area contributed by atoms with Gasteiger partial charge in [0.25, 0.3) is 17.1 Å². The van der Waals surface area contributed by atoms with Crippen molar-refractivity contribution in [1.82, 2.24) is 4.90 Å². The van der Waals surface area contributed by atoms with Gasteiger partial charge < -0.3 is 40.2 Å². The smallest absolute Gasteiger partial charge is 0.325 e. The van der Waals surface area contributed by atoms with Crippen LogP contribution in [-0.2, 0) is 31.0 Å². The molecule has 0 fully saturated rings. The fourth-order valence-electron chi connectivity index (χ4n) is 6.61. The van der Waals surface area contributed by atoms with Crippen molar-refractivity contribution in [3.05, 3.63) is 138 Å². The Balaban J connectivity index is 1.26. The Morgan fingerprint density at radius 3 is 2.21 bits per heavy atom. The van der Waals surface area contributed by atoms with E-state index < -0.39 is 33.9 Å². The number of nitrogens with two attached hydrogens (primary N) is 1. The number of thiocarbonyl (C=S) groups is 1. The van der Waals surface area contributed by atoms with Crippen molar-refractivity contribution < 1.29 is 46.9 Å². The molecule has 342 valence electrons. The lowest BCUT2D eigenvalue weighted by atomic mass is 10.0. The number of primary sulfonamides is 1. The summed E-state index contributed by atoms with van der Waals surface area (Å²) in [5.41, 5.74) is 3.11. The van der Waals surface area contributed by atoms with Crippen LogP contribution in [0.15, 0.2) is 125 Å². The standard InChI is InChI=1S/C48H47N5O10S3/c1-6-40(62-41-19-17-28(2)21-29(41)3)47(57)52-39-22-31(27-61-44(54)26-53(5)48(58)65-34-13-9-11-32(23-34)50-30(4)64)18-20-42(39)63-43-25-38(45(55)37-16-8-7-15-36(37)43)46(56)51-33-12-10-14-35(24-33)66(49,59)60/h7-25,40,55H,6,26-27H2,1-5H3,(H,50,64)(H,51,56)(H,52,57)(H2,49,59,60). The number of fused-ring (bicyclic) bond motifs is 1. The first-order valence-electron chi connectivity index (χ1n) is 20.4. The van der Waals surface area contributed by atoms with E-state index in [2.05, 4.69) is 16.0 Å². The zero-order valence-electron chi connectivity index (χ0n) is 36.5. The second-order valence-corrected chi connectivity index (χ2v) is 18.3. The van der Waals surface area contributed by atoms with Crippen LogP contribution >= 0.6 is 24.0 Å². The lowest BCUT2D eigenvalue weighted by molar-refractivity contribution is -0.145. The molecule has 0 heterocycles. The zero-order chi connectivity index (χ0) is 47.7. The summed E-state index contributed by atoms with van der Waals surface area (Å²) in [6.45, 7) is 6.80.